The smallest absolute Gasteiger partial charge is 0.262 e. The van der Waals surface area contributed by atoms with Gasteiger partial charge in [0, 0.05) is 86.7 Å². The van der Waals surface area contributed by atoms with Crippen LogP contribution in [0.3, 0.4) is 0 Å². The Labute approximate surface area is 375 Å². The van der Waals surface area contributed by atoms with Crippen LogP contribution in [0.15, 0.2) is 54.6 Å². The molecule has 2 saturated heterocycles. The van der Waals surface area contributed by atoms with Gasteiger partial charge >= 0.3 is 0 Å². The third-order valence-corrected chi connectivity index (χ3v) is 14.5. The largest absolute Gasteiger partial charge is 0.490 e. The van der Waals surface area contributed by atoms with Crippen molar-refractivity contribution in [3.05, 3.63) is 88.0 Å². The van der Waals surface area contributed by atoms with E-state index < -0.39 is 29.7 Å². The summed E-state index contributed by atoms with van der Waals surface area (Å²) in [5.74, 6) is -0.446. The number of nitrogens with zero attached hydrogens (tertiary/aromatic N) is 4. The molecule has 3 heterocycles. The van der Waals surface area contributed by atoms with E-state index in [1.807, 2.05) is 38.1 Å². The van der Waals surface area contributed by atoms with Crippen molar-refractivity contribution < 1.29 is 38.2 Å². The van der Waals surface area contributed by atoms with Gasteiger partial charge in [-0.15, -0.1) is 0 Å². The van der Waals surface area contributed by atoms with Gasteiger partial charge in [0.15, 0.2) is 0 Å². The first-order chi connectivity index (χ1) is 30.5. The lowest BCUT2D eigenvalue weighted by molar-refractivity contribution is -0.164. The van der Waals surface area contributed by atoms with Crippen molar-refractivity contribution >= 4 is 35.2 Å². The third kappa shape index (κ3) is 8.48. The zero-order valence-corrected chi connectivity index (χ0v) is 38.0. The van der Waals surface area contributed by atoms with Crippen LogP contribution in [0.2, 0.25) is 0 Å². The first kappa shape index (κ1) is 44.8. The molecule has 5 aliphatic rings. The summed E-state index contributed by atoms with van der Waals surface area (Å²) in [4.78, 5) is 70.1. The van der Waals surface area contributed by atoms with Crippen LogP contribution >= 0.6 is 0 Å². The zero-order chi connectivity index (χ0) is 45.7. The van der Waals surface area contributed by atoms with Gasteiger partial charge in [0.2, 0.25) is 11.8 Å². The van der Waals surface area contributed by atoms with Crippen molar-refractivity contribution in [1.29, 1.82) is 5.26 Å². The maximum Gasteiger partial charge on any atom is 0.262 e. The lowest BCUT2D eigenvalue weighted by Gasteiger charge is -2.63. The maximum atomic E-state index is 13.6. The van der Waals surface area contributed by atoms with E-state index in [0.29, 0.717) is 35.4 Å². The number of carbonyl (C=O) groups is 5. The Morgan fingerprint density at radius 1 is 0.875 bits per heavy atom. The van der Waals surface area contributed by atoms with Crippen molar-refractivity contribution in [2.45, 2.75) is 110 Å². The number of imide groups is 2. The summed E-state index contributed by atoms with van der Waals surface area (Å²) < 4.78 is 18.4. The number of ether oxygens (including phenoxy) is 3. The number of hydrogen-bond donors (Lipinski definition) is 2. The van der Waals surface area contributed by atoms with E-state index in [4.69, 9.17) is 14.2 Å². The number of amides is 5. The Kier molecular flexibility index (Phi) is 12.4. The lowest BCUT2D eigenvalue weighted by atomic mass is 9.49. The molecule has 8 rings (SSSR count). The topological polar surface area (TPSA) is 171 Å². The lowest BCUT2D eigenvalue weighted by Crippen LogP contribution is -2.74. The molecule has 3 aromatic carbocycles. The highest BCUT2D eigenvalue weighted by Gasteiger charge is 2.64. The number of nitrogens with one attached hydrogen (secondary N) is 2. The monoisotopic (exact) mass is 872 g/mol. The third-order valence-electron chi connectivity index (χ3n) is 14.5. The molecular weight excluding hydrogens is 813 g/mol. The maximum absolute atomic E-state index is 13.6. The van der Waals surface area contributed by atoms with Crippen molar-refractivity contribution in [3.63, 3.8) is 0 Å². The molecular formula is C50H60N6O8. The fraction of sp³-hybridized carbons (Fsp3) is 0.520. The fourth-order valence-corrected chi connectivity index (χ4v) is 11.1. The van der Waals surface area contributed by atoms with E-state index in [1.54, 1.807) is 25.3 Å². The first-order valence-corrected chi connectivity index (χ1v) is 22.6. The minimum Gasteiger partial charge on any atom is -0.490 e. The van der Waals surface area contributed by atoms with Gasteiger partial charge in [-0.05, 0) is 105 Å². The van der Waals surface area contributed by atoms with Crippen LogP contribution in [0, 0.1) is 41.9 Å². The zero-order valence-electron chi connectivity index (χ0n) is 38.0. The summed E-state index contributed by atoms with van der Waals surface area (Å²) in [7, 11) is 1.72. The minimum absolute atomic E-state index is 0.0371. The van der Waals surface area contributed by atoms with Crippen LogP contribution in [0.5, 0.6) is 11.5 Å². The van der Waals surface area contributed by atoms with Gasteiger partial charge in [-0.2, -0.15) is 5.26 Å². The summed E-state index contributed by atoms with van der Waals surface area (Å²) in [6, 6.07) is 18.2. The molecule has 0 spiro atoms. The second-order valence-corrected chi connectivity index (χ2v) is 19.6. The van der Waals surface area contributed by atoms with Crippen LogP contribution in [-0.4, -0.2) is 110 Å². The summed E-state index contributed by atoms with van der Waals surface area (Å²) in [6.45, 7) is 16.7. The van der Waals surface area contributed by atoms with Gasteiger partial charge in [0.25, 0.3) is 17.7 Å². The average molecular weight is 873 g/mol. The number of methoxy groups -OCH3 is 1. The van der Waals surface area contributed by atoms with Crippen LogP contribution in [0.4, 0.5) is 5.69 Å². The van der Waals surface area contributed by atoms with Crippen molar-refractivity contribution in [3.8, 4) is 17.6 Å². The second-order valence-electron chi connectivity index (χ2n) is 19.6. The molecule has 5 amide bonds. The summed E-state index contributed by atoms with van der Waals surface area (Å²) in [5, 5.41) is 15.1. The number of benzene rings is 3. The highest BCUT2D eigenvalue weighted by molar-refractivity contribution is 6.23. The van der Waals surface area contributed by atoms with Crippen LogP contribution in [0.1, 0.15) is 114 Å². The Balaban J connectivity index is 0.803. The Hall–Kier alpha value is -5.78. The van der Waals surface area contributed by atoms with E-state index in [2.05, 4.69) is 66.3 Å². The number of aryl methyl sites for hydroxylation is 2. The SMILES string of the molecule is COCCN(CC1CCN(c2ccc(C(=O)NC3C(C)(C)C(Oc4cc(C)c(C#N)c(C)c4)C3(C)C)cc2)CC1)C1CC(Oc2ccc3c(c2)C(=O)N([C@@H]2CCC(=O)NC2=O)C3=O)C1. The number of fused-ring (bicyclic) bond motifs is 1. The number of piperidine rings is 2. The van der Waals surface area contributed by atoms with Gasteiger partial charge in [-0.1, -0.05) is 27.7 Å². The normalized spacial score (nSPS) is 25.0. The molecule has 0 radical (unpaired) electrons. The molecule has 338 valence electrons. The van der Waals surface area contributed by atoms with Crippen molar-refractivity contribution in [2.75, 3.05) is 44.8 Å². The minimum atomic E-state index is -1.01. The highest BCUT2D eigenvalue weighted by Crippen LogP contribution is 2.55. The predicted molar refractivity (Wildman–Crippen MR) is 239 cm³/mol. The van der Waals surface area contributed by atoms with Gasteiger partial charge in [-0.3, -0.25) is 39.1 Å². The molecule has 14 heteroatoms. The fourth-order valence-electron chi connectivity index (χ4n) is 11.1. The van der Waals surface area contributed by atoms with Crippen LogP contribution < -0.4 is 25.0 Å². The molecule has 1 atom stereocenters. The molecule has 4 fully saturated rings. The molecule has 2 aliphatic carbocycles. The number of carbonyl (C=O) groups excluding carboxylic acids is 5. The van der Waals surface area contributed by atoms with Gasteiger partial charge in [0.1, 0.15) is 29.7 Å². The van der Waals surface area contributed by atoms with Gasteiger partial charge < -0.3 is 24.4 Å². The molecule has 0 aromatic heterocycles. The highest BCUT2D eigenvalue weighted by atomic mass is 16.5. The molecule has 14 nitrogen and oxygen atoms in total. The average Bonchev–Trinajstić information content (AvgIpc) is 3.49. The first-order valence-electron chi connectivity index (χ1n) is 22.6. The van der Waals surface area contributed by atoms with E-state index >= 15 is 0 Å². The van der Waals surface area contributed by atoms with Crippen molar-refractivity contribution in [1.82, 2.24) is 20.4 Å². The number of nitriles is 1. The summed E-state index contributed by atoms with van der Waals surface area (Å²) >= 11 is 0. The van der Waals surface area contributed by atoms with E-state index in [-0.39, 0.29) is 59.0 Å². The Bertz CT molecular complexity index is 2340. The number of hydrogen-bond acceptors (Lipinski definition) is 11. The molecule has 2 saturated carbocycles. The predicted octanol–water partition coefficient (Wildman–Crippen LogP) is 5.96. The number of anilines is 1. The molecule has 3 aliphatic heterocycles. The van der Waals surface area contributed by atoms with Crippen LogP contribution in [-0.2, 0) is 14.3 Å². The molecule has 0 bridgehead atoms. The van der Waals surface area contributed by atoms with Crippen LogP contribution in [0.25, 0.3) is 0 Å². The Morgan fingerprint density at radius 3 is 2.16 bits per heavy atom. The van der Waals surface area contributed by atoms with Gasteiger partial charge in [-0.25, -0.2) is 0 Å². The van der Waals surface area contributed by atoms with E-state index in [9.17, 15) is 29.2 Å². The molecule has 64 heavy (non-hydrogen) atoms. The quantitative estimate of drug-likeness (QED) is 0.183. The Morgan fingerprint density at radius 2 is 1.53 bits per heavy atom. The molecule has 0 unspecified atom stereocenters. The molecule has 2 N–H and O–H groups in total. The second kappa shape index (κ2) is 17.7. The van der Waals surface area contributed by atoms with Gasteiger partial charge in [0.05, 0.1) is 29.4 Å². The number of rotatable bonds is 14. The molecule has 3 aromatic rings. The van der Waals surface area contributed by atoms with E-state index in [0.717, 1.165) is 79.3 Å². The van der Waals surface area contributed by atoms with E-state index in [1.165, 1.54) is 0 Å². The summed E-state index contributed by atoms with van der Waals surface area (Å²) in [6.07, 6.45) is 3.76. The summed E-state index contributed by atoms with van der Waals surface area (Å²) in [5.41, 5.74) is 3.99. The van der Waals surface area contributed by atoms with Crippen molar-refractivity contribution in [2.24, 2.45) is 16.7 Å². The standard InChI is InChI=1S/C50H60N6O8/c1-29-22-36(23-30(2)40(29)27-51)64-48-49(3,4)47(50(48,5)6)53-43(58)32-8-10-33(11-9-32)54-18-16-31(17-19-54)28-55(20-21-62-7)34-24-37(25-34)63-35-12-13-38-39(26-35)46(61)56(45(38)60)41-14-15-42(57)52-44(41)59/h8-13,22-23,26,31,34,37,41,47-48H,14-21,24-25,28H2,1-7H3,(H,53,58)(H,52,57,59)/t34?,37?,41-,47?,48?/m1/s1.